The zero-order valence-corrected chi connectivity index (χ0v) is 9.90. The lowest BCUT2D eigenvalue weighted by atomic mass is 9.91. The Balaban J connectivity index is 2.05. The summed E-state index contributed by atoms with van der Waals surface area (Å²) in [6.45, 7) is 3.85. The van der Waals surface area contributed by atoms with Crippen molar-refractivity contribution in [1.29, 1.82) is 0 Å². The van der Waals surface area contributed by atoms with Crippen molar-refractivity contribution in [3.63, 3.8) is 0 Å². The van der Waals surface area contributed by atoms with Gasteiger partial charge in [-0.15, -0.1) is 5.10 Å². The van der Waals surface area contributed by atoms with E-state index in [0.29, 0.717) is 5.95 Å². The van der Waals surface area contributed by atoms with Crippen LogP contribution in [0.15, 0.2) is 0 Å². The first-order chi connectivity index (χ1) is 7.66. The van der Waals surface area contributed by atoms with Crippen molar-refractivity contribution < 1.29 is 0 Å². The first-order valence-corrected chi connectivity index (χ1v) is 5.87. The molecule has 0 bridgehead atoms. The zero-order valence-electron chi connectivity index (χ0n) is 9.90. The molecule has 0 amide bonds. The van der Waals surface area contributed by atoms with E-state index < -0.39 is 0 Å². The van der Waals surface area contributed by atoms with Crippen LogP contribution < -0.4 is 11.1 Å². The van der Waals surface area contributed by atoms with Gasteiger partial charge in [0.15, 0.2) is 0 Å². The van der Waals surface area contributed by atoms with E-state index in [1.165, 1.54) is 12.8 Å². The van der Waals surface area contributed by atoms with Crippen molar-refractivity contribution in [3.05, 3.63) is 11.4 Å². The van der Waals surface area contributed by atoms with Crippen molar-refractivity contribution in [2.75, 3.05) is 5.32 Å². The van der Waals surface area contributed by atoms with Gasteiger partial charge in [0.05, 0.1) is 11.4 Å². The molecule has 5 heteroatoms. The third-order valence-corrected chi connectivity index (χ3v) is 3.23. The molecule has 1 heterocycles. The lowest BCUT2D eigenvalue weighted by molar-refractivity contribution is 0.402. The molecule has 0 unspecified atom stereocenters. The number of nitrogens with two attached hydrogens (primary N) is 1. The van der Waals surface area contributed by atoms with Crippen LogP contribution in [0.25, 0.3) is 0 Å². The molecule has 16 heavy (non-hydrogen) atoms. The smallest absolute Gasteiger partial charge is 0.243 e. The highest BCUT2D eigenvalue weighted by atomic mass is 15.2. The van der Waals surface area contributed by atoms with Gasteiger partial charge in [0.25, 0.3) is 0 Å². The molecule has 3 N–H and O–H groups in total. The van der Waals surface area contributed by atoms with E-state index in [-0.39, 0.29) is 12.1 Å². The van der Waals surface area contributed by atoms with Gasteiger partial charge < -0.3 is 11.1 Å². The molecule has 0 spiro atoms. The Labute approximate surface area is 95.9 Å². The van der Waals surface area contributed by atoms with Crippen LogP contribution in [0.5, 0.6) is 0 Å². The third kappa shape index (κ3) is 2.47. The van der Waals surface area contributed by atoms with Crippen molar-refractivity contribution in [1.82, 2.24) is 15.2 Å². The fourth-order valence-corrected chi connectivity index (χ4v) is 2.02. The maximum atomic E-state index is 6.06. The van der Waals surface area contributed by atoms with E-state index in [2.05, 4.69) is 20.5 Å². The van der Waals surface area contributed by atoms with Gasteiger partial charge in [-0.25, -0.2) is 4.98 Å². The number of aromatic nitrogens is 3. The molecule has 1 aromatic heterocycles. The molecule has 2 atom stereocenters. The summed E-state index contributed by atoms with van der Waals surface area (Å²) in [6.07, 6.45) is 4.63. The SMILES string of the molecule is Cc1nnc(N[C@@H]2CCCC[C@H]2N)nc1C. The summed E-state index contributed by atoms with van der Waals surface area (Å²) < 4.78 is 0. The predicted octanol–water partition coefficient (Wildman–Crippen LogP) is 1.17. The second-order valence-electron chi connectivity index (χ2n) is 4.51. The van der Waals surface area contributed by atoms with E-state index in [1.54, 1.807) is 0 Å². The van der Waals surface area contributed by atoms with Gasteiger partial charge in [0, 0.05) is 12.1 Å². The Morgan fingerprint density at radius 2 is 1.88 bits per heavy atom. The minimum absolute atomic E-state index is 0.207. The second-order valence-corrected chi connectivity index (χ2v) is 4.51. The van der Waals surface area contributed by atoms with E-state index in [4.69, 9.17) is 5.73 Å². The average molecular weight is 221 g/mol. The van der Waals surface area contributed by atoms with Crippen molar-refractivity contribution in [2.45, 2.75) is 51.6 Å². The minimum Gasteiger partial charge on any atom is -0.349 e. The first-order valence-electron chi connectivity index (χ1n) is 5.87. The number of aryl methyl sites for hydroxylation is 2. The highest BCUT2D eigenvalue weighted by molar-refractivity contribution is 5.27. The van der Waals surface area contributed by atoms with Crippen LogP contribution in [0.2, 0.25) is 0 Å². The molecule has 1 saturated carbocycles. The van der Waals surface area contributed by atoms with Crippen molar-refractivity contribution in [2.24, 2.45) is 5.73 Å². The Bertz CT molecular complexity index is 365. The van der Waals surface area contributed by atoms with E-state index in [0.717, 1.165) is 24.2 Å². The molecule has 0 radical (unpaired) electrons. The summed E-state index contributed by atoms with van der Waals surface area (Å²) >= 11 is 0. The molecule has 1 aliphatic carbocycles. The van der Waals surface area contributed by atoms with Gasteiger partial charge in [0.2, 0.25) is 5.95 Å². The maximum Gasteiger partial charge on any atom is 0.243 e. The minimum atomic E-state index is 0.207. The largest absolute Gasteiger partial charge is 0.349 e. The van der Waals surface area contributed by atoms with Crippen LogP contribution in [0.4, 0.5) is 5.95 Å². The van der Waals surface area contributed by atoms with Gasteiger partial charge in [-0.05, 0) is 26.7 Å². The molecule has 1 fully saturated rings. The number of hydrogen-bond acceptors (Lipinski definition) is 5. The number of nitrogens with one attached hydrogen (secondary N) is 1. The Hall–Kier alpha value is -1.23. The Kier molecular flexibility index (Phi) is 3.33. The molecular weight excluding hydrogens is 202 g/mol. The number of rotatable bonds is 2. The van der Waals surface area contributed by atoms with Crippen molar-refractivity contribution in [3.8, 4) is 0 Å². The number of nitrogens with zero attached hydrogens (tertiary/aromatic N) is 3. The molecule has 0 saturated heterocycles. The van der Waals surface area contributed by atoms with Gasteiger partial charge in [-0.1, -0.05) is 12.8 Å². The third-order valence-electron chi connectivity index (χ3n) is 3.23. The maximum absolute atomic E-state index is 6.06. The highest BCUT2D eigenvalue weighted by Crippen LogP contribution is 2.19. The molecular formula is C11H19N5. The molecule has 0 aromatic carbocycles. The zero-order chi connectivity index (χ0) is 11.5. The second kappa shape index (κ2) is 4.74. The molecule has 88 valence electrons. The monoisotopic (exact) mass is 221 g/mol. The fraction of sp³-hybridized carbons (Fsp3) is 0.727. The van der Waals surface area contributed by atoms with E-state index >= 15 is 0 Å². The van der Waals surface area contributed by atoms with Crippen LogP contribution in [0.1, 0.15) is 37.1 Å². The number of anilines is 1. The van der Waals surface area contributed by atoms with Gasteiger partial charge in [0.1, 0.15) is 0 Å². The van der Waals surface area contributed by atoms with Crippen LogP contribution in [0.3, 0.4) is 0 Å². The Morgan fingerprint density at radius 3 is 2.56 bits per heavy atom. The summed E-state index contributed by atoms with van der Waals surface area (Å²) in [5, 5.41) is 11.4. The summed E-state index contributed by atoms with van der Waals surface area (Å²) in [7, 11) is 0. The highest BCUT2D eigenvalue weighted by Gasteiger charge is 2.22. The van der Waals surface area contributed by atoms with Gasteiger partial charge in [-0.2, -0.15) is 5.10 Å². The van der Waals surface area contributed by atoms with Gasteiger partial charge >= 0.3 is 0 Å². The van der Waals surface area contributed by atoms with Crippen molar-refractivity contribution >= 4 is 5.95 Å². The van der Waals surface area contributed by atoms with Crippen LogP contribution in [0, 0.1) is 13.8 Å². The van der Waals surface area contributed by atoms with Crippen LogP contribution >= 0.6 is 0 Å². The lowest BCUT2D eigenvalue weighted by Crippen LogP contribution is -2.43. The summed E-state index contributed by atoms with van der Waals surface area (Å²) in [6, 6.07) is 0.497. The van der Waals surface area contributed by atoms with Crippen LogP contribution in [-0.2, 0) is 0 Å². The Morgan fingerprint density at radius 1 is 1.12 bits per heavy atom. The topological polar surface area (TPSA) is 76.7 Å². The average Bonchev–Trinajstić information content (AvgIpc) is 2.27. The predicted molar refractivity (Wildman–Crippen MR) is 63.2 cm³/mol. The van der Waals surface area contributed by atoms with E-state index in [9.17, 15) is 0 Å². The summed E-state index contributed by atoms with van der Waals surface area (Å²) in [4.78, 5) is 4.36. The number of hydrogen-bond donors (Lipinski definition) is 2. The summed E-state index contributed by atoms with van der Waals surface area (Å²) in [5.41, 5.74) is 7.85. The molecule has 0 aliphatic heterocycles. The molecule has 1 aliphatic rings. The lowest BCUT2D eigenvalue weighted by Gasteiger charge is -2.29. The summed E-state index contributed by atoms with van der Waals surface area (Å²) in [5.74, 6) is 0.602. The normalized spacial score (nSPS) is 25.4. The molecule has 1 aromatic rings. The quantitative estimate of drug-likeness (QED) is 0.784. The molecule has 2 rings (SSSR count). The first kappa shape index (κ1) is 11.3. The standard InChI is InChI=1S/C11H19N5/c1-7-8(2)15-16-11(13-7)14-10-6-4-3-5-9(10)12/h9-10H,3-6,12H2,1-2H3,(H,13,14,16)/t9-,10-/m1/s1. The van der Waals surface area contributed by atoms with Crippen LogP contribution in [-0.4, -0.2) is 27.3 Å². The fourth-order valence-electron chi connectivity index (χ4n) is 2.02. The molecule has 5 nitrogen and oxygen atoms in total. The van der Waals surface area contributed by atoms with Gasteiger partial charge in [-0.3, -0.25) is 0 Å². The van der Waals surface area contributed by atoms with E-state index in [1.807, 2.05) is 13.8 Å².